The molecule has 0 bridgehead atoms. The Labute approximate surface area is 72.7 Å². The molecule has 0 aliphatic carbocycles. The maximum atomic E-state index is 10.8. The van der Waals surface area contributed by atoms with Crippen LogP contribution in [0.15, 0.2) is 0 Å². The van der Waals surface area contributed by atoms with Crippen LogP contribution in [-0.4, -0.2) is 24.6 Å². The van der Waals surface area contributed by atoms with Crippen molar-refractivity contribution >= 4 is 17.7 Å². The molecule has 0 radical (unpaired) electrons. The molecule has 0 N–H and O–H groups in total. The van der Waals surface area contributed by atoms with Gasteiger partial charge in [-0.05, 0) is 24.9 Å². The predicted octanol–water partition coefficient (Wildman–Crippen LogP) is 2.08. The van der Waals surface area contributed by atoms with E-state index in [4.69, 9.17) is 4.74 Å². The Morgan fingerprint density at radius 2 is 2.27 bits per heavy atom. The van der Waals surface area contributed by atoms with Gasteiger partial charge < -0.3 is 4.74 Å². The van der Waals surface area contributed by atoms with Crippen LogP contribution >= 0.6 is 11.8 Å². The summed E-state index contributed by atoms with van der Waals surface area (Å²) in [6.07, 6.45) is 4.45. The molecule has 0 aliphatic rings. The van der Waals surface area contributed by atoms with Crippen LogP contribution in [-0.2, 0) is 9.53 Å². The van der Waals surface area contributed by atoms with E-state index in [0.717, 1.165) is 18.6 Å². The van der Waals surface area contributed by atoms with Crippen molar-refractivity contribution in [3.05, 3.63) is 0 Å². The highest BCUT2D eigenvalue weighted by Crippen LogP contribution is 2.00. The molecule has 0 aliphatic heterocycles. The van der Waals surface area contributed by atoms with Gasteiger partial charge in [0.2, 0.25) is 0 Å². The highest BCUT2D eigenvalue weighted by atomic mass is 32.2. The number of carbonyl (C=O) groups is 1. The van der Waals surface area contributed by atoms with Crippen LogP contribution in [0.3, 0.4) is 0 Å². The molecule has 3 heteroatoms. The minimum Gasteiger partial charge on any atom is -0.466 e. The molecule has 66 valence electrons. The van der Waals surface area contributed by atoms with Gasteiger partial charge in [-0.25, -0.2) is 0 Å². The van der Waals surface area contributed by atoms with Gasteiger partial charge >= 0.3 is 5.97 Å². The lowest BCUT2D eigenvalue weighted by atomic mass is 10.3. The number of hydrogen-bond donors (Lipinski definition) is 0. The molecular formula is C8H16O2S. The van der Waals surface area contributed by atoms with Crippen LogP contribution in [0.2, 0.25) is 0 Å². The van der Waals surface area contributed by atoms with E-state index in [0.29, 0.717) is 13.0 Å². The fraction of sp³-hybridized carbons (Fsp3) is 0.875. The van der Waals surface area contributed by atoms with Crippen molar-refractivity contribution in [1.82, 2.24) is 0 Å². The second-order valence-corrected chi connectivity index (χ2v) is 3.30. The molecule has 0 saturated heterocycles. The Balaban J connectivity index is 3.09. The van der Waals surface area contributed by atoms with Gasteiger partial charge in [0, 0.05) is 6.42 Å². The maximum absolute atomic E-state index is 10.8. The van der Waals surface area contributed by atoms with E-state index >= 15 is 0 Å². The molecule has 0 unspecified atom stereocenters. The van der Waals surface area contributed by atoms with Crippen LogP contribution in [0.4, 0.5) is 0 Å². The van der Waals surface area contributed by atoms with Gasteiger partial charge in [-0.3, -0.25) is 4.79 Å². The molecule has 0 atom stereocenters. The van der Waals surface area contributed by atoms with Crippen LogP contribution in [0, 0.1) is 0 Å². The van der Waals surface area contributed by atoms with E-state index < -0.39 is 0 Å². The van der Waals surface area contributed by atoms with Gasteiger partial charge in [0.05, 0.1) is 6.61 Å². The van der Waals surface area contributed by atoms with Crippen LogP contribution < -0.4 is 0 Å². The van der Waals surface area contributed by atoms with Crippen LogP contribution in [0.25, 0.3) is 0 Å². The zero-order valence-corrected chi connectivity index (χ0v) is 8.08. The van der Waals surface area contributed by atoms with Crippen molar-refractivity contribution < 1.29 is 9.53 Å². The molecular weight excluding hydrogens is 160 g/mol. The topological polar surface area (TPSA) is 26.3 Å². The third-order valence-corrected chi connectivity index (χ3v) is 1.89. The molecule has 0 heterocycles. The average Bonchev–Trinajstić information content (AvgIpc) is 2.01. The molecule has 0 aromatic heterocycles. The Kier molecular flexibility index (Phi) is 7.79. The standard InChI is InChI=1S/C8H16O2S/c1-3-6-10-8(9)5-4-7-11-2/h3-7H2,1-2H3. The van der Waals surface area contributed by atoms with Crippen molar-refractivity contribution in [2.45, 2.75) is 26.2 Å². The SMILES string of the molecule is CCCOC(=O)CCCSC. The van der Waals surface area contributed by atoms with Crippen LogP contribution in [0.1, 0.15) is 26.2 Å². The summed E-state index contributed by atoms with van der Waals surface area (Å²) >= 11 is 1.76. The molecule has 0 spiro atoms. The van der Waals surface area contributed by atoms with Crippen molar-refractivity contribution in [3.8, 4) is 0 Å². The number of carbonyl (C=O) groups excluding carboxylic acids is 1. The largest absolute Gasteiger partial charge is 0.466 e. The van der Waals surface area contributed by atoms with Crippen molar-refractivity contribution in [2.24, 2.45) is 0 Å². The number of ether oxygens (including phenoxy) is 1. The van der Waals surface area contributed by atoms with Gasteiger partial charge in [-0.2, -0.15) is 11.8 Å². The lowest BCUT2D eigenvalue weighted by Gasteiger charge is -2.01. The molecule has 0 aromatic rings. The van der Waals surface area contributed by atoms with E-state index in [9.17, 15) is 4.79 Å². The van der Waals surface area contributed by atoms with Crippen molar-refractivity contribution in [1.29, 1.82) is 0 Å². The Hall–Kier alpha value is -0.180. The fourth-order valence-corrected chi connectivity index (χ4v) is 1.08. The summed E-state index contributed by atoms with van der Waals surface area (Å²) in [5.41, 5.74) is 0. The second-order valence-electron chi connectivity index (χ2n) is 2.32. The number of rotatable bonds is 6. The Bertz CT molecular complexity index is 104. The lowest BCUT2D eigenvalue weighted by Crippen LogP contribution is -2.05. The zero-order chi connectivity index (χ0) is 8.53. The zero-order valence-electron chi connectivity index (χ0n) is 7.26. The summed E-state index contributed by atoms with van der Waals surface area (Å²) in [6.45, 7) is 2.56. The van der Waals surface area contributed by atoms with Gasteiger partial charge in [0.15, 0.2) is 0 Å². The minimum absolute atomic E-state index is 0.0547. The Morgan fingerprint density at radius 3 is 2.82 bits per heavy atom. The molecule has 0 amide bonds. The number of esters is 1. The van der Waals surface area contributed by atoms with Crippen LogP contribution in [0.5, 0.6) is 0 Å². The van der Waals surface area contributed by atoms with Gasteiger partial charge in [-0.1, -0.05) is 6.92 Å². The third-order valence-electron chi connectivity index (χ3n) is 1.20. The van der Waals surface area contributed by atoms with E-state index in [1.807, 2.05) is 13.2 Å². The molecule has 2 nitrogen and oxygen atoms in total. The first-order valence-corrected chi connectivity index (χ1v) is 5.35. The summed E-state index contributed by atoms with van der Waals surface area (Å²) in [4.78, 5) is 10.8. The van der Waals surface area contributed by atoms with Gasteiger partial charge in [-0.15, -0.1) is 0 Å². The highest BCUT2D eigenvalue weighted by molar-refractivity contribution is 7.98. The lowest BCUT2D eigenvalue weighted by molar-refractivity contribution is -0.143. The van der Waals surface area contributed by atoms with E-state index in [2.05, 4.69) is 0 Å². The summed E-state index contributed by atoms with van der Waals surface area (Å²) in [6, 6.07) is 0. The van der Waals surface area contributed by atoms with E-state index in [-0.39, 0.29) is 5.97 Å². The fourth-order valence-electron chi connectivity index (χ4n) is 0.649. The first kappa shape index (κ1) is 10.8. The monoisotopic (exact) mass is 176 g/mol. The minimum atomic E-state index is -0.0547. The van der Waals surface area contributed by atoms with E-state index in [1.165, 1.54) is 0 Å². The van der Waals surface area contributed by atoms with Crippen molar-refractivity contribution in [2.75, 3.05) is 18.6 Å². The summed E-state index contributed by atoms with van der Waals surface area (Å²) in [5, 5.41) is 0. The molecule has 0 saturated carbocycles. The molecule has 0 rings (SSSR count). The van der Waals surface area contributed by atoms with Crippen molar-refractivity contribution in [3.63, 3.8) is 0 Å². The highest BCUT2D eigenvalue weighted by Gasteiger charge is 1.99. The quantitative estimate of drug-likeness (QED) is 0.458. The first-order chi connectivity index (χ1) is 5.31. The maximum Gasteiger partial charge on any atom is 0.305 e. The number of thioether (sulfide) groups is 1. The summed E-state index contributed by atoms with van der Waals surface area (Å²) in [5.74, 6) is 0.988. The smallest absolute Gasteiger partial charge is 0.305 e. The first-order valence-electron chi connectivity index (χ1n) is 3.95. The average molecular weight is 176 g/mol. The predicted molar refractivity (Wildman–Crippen MR) is 48.9 cm³/mol. The molecule has 0 fully saturated rings. The summed E-state index contributed by atoms with van der Waals surface area (Å²) < 4.78 is 4.89. The molecule has 11 heavy (non-hydrogen) atoms. The summed E-state index contributed by atoms with van der Waals surface area (Å²) in [7, 11) is 0. The van der Waals surface area contributed by atoms with Gasteiger partial charge in [0.1, 0.15) is 0 Å². The third kappa shape index (κ3) is 7.72. The second kappa shape index (κ2) is 7.92. The van der Waals surface area contributed by atoms with Gasteiger partial charge in [0.25, 0.3) is 0 Å². The normalized spacial score (nSPS) is 9.64. The Morgan fingerprint density at radius 1 is 1.55 bits per heavy atom. The molecule has 0 aromatic carbocycles. The van der Waals surface area contributed by atoms with E-state index in [1.54, 1.807) is 11.8 Å². The number of hydrogen-bond acceptors (Lipinski definition) is 3.